The van der Waals surface area contributed by atoms with Gasteiger partial charge in [-0.3, -0.25) is 4.79 Å². The van der Waals surface area contributed by atoms with Gasteiger partial charge in [0.15, 0.2) is 0 Å². The van der Waals surface area contributed by atoms with Crippen LogP contribution < -0.4 is 15.5 Å². The van der Waals surface area contributed by atoms with E-state index in [2.05, 4.69) is 56.7 Å². The van der Waals surface area contributed by atoms with Crippen molar-refractivity contribution in [1.82, 2.24) is 5.32 Å². The molecule has 1 unspecified atom stereocenters. The predicted molar refractivity (Wildman–Crippen MR) is 130 cm³/mol. The van der Waals surface area contributed by atoms with Gasteiger partial charge in [-0.1, -0.05) is 50.8 Å². The number of nitrogens with one attached hydrogen (secondary N) is 2. The zero-order valence-electron chi connectivity index (χ0n) is 19.1. The van der Waals surface area contributed by atoms with Crippen molar-refractivity contribution in [1.29, 1.82) is 0 Å². The van der Waals surface area contributed by atoms with E-state index >= 15 is 0 Å². The minimum absolute atomic E-state index is 0.0213. The van der Waals surface area contributed by atoms with Gasteiger partial charge in [-0.05, 0) is 67.5 Å². The summed E-state index contributed by atoms with van der Waals surface area (Å²) in [4.78, 5) is 14.7. The van der Waals surface area contributed by atoms with Gasteiger partial charge in [0.2, 0.25) is 5.78 Å². The molecule has 0 spiro atoms. The Balaban J connectivity index is 1.68. The third-order valence-electron chi connectivity index (χ3n) is 7.02. The molecule has 4 heteroatoms. The first kappa shape index (κ1) is 21.2. The minimum Gasteiger partial charge on any atom is -0.375 e. The monoisotopic (exact) mass is 415 g/mol. The molecular weight excluding hydrogens is 382 g/mol. The molecule has 0 aliphatic heterocycles. The summed E-state index contributed by atoms with van der Waals surface area (Å²) < 4.78 is 0. The largest absolute Gasteiger partial charge is 0.375 e. The molecule has 0 saturated heterocycles. The molecule has 31 heavy (non-hydrogen) atoms. The molecule has 4 rings (SSSR count). The van der Waals surface area contributed by atoms with Crippen LogP contribution in [0.1, 0.15) is 45.1 Å². The van der Waals surface area contributed by atoms with Gasteiger partial charge < -0.3 is 15.5 Å². The van der Waals surface area contributed by atoms with E-state index in [1.165, 1.54) is 17.6 Å². The Bertz CT molecular complexity index is 1050. The van der Waals surface area contributed by atoms with Crippen molar-refractivity contribution in [3.63, 3.8) is 0 Å². The summed E-state index contributed by atoms with van der Waals surface area (Å²) in [5, 5.41) is 7.14. The second kappa shape index (κ2) is 7.92. The molecule has 0 fully saturated rings. The number of allylic oxidation sites excluding steroid dienone is 4. The summed E-state index contributed by atoms with van der Waals surface area (Å²) in [7, 11) is 1.97. The van der Waals surface area contributed by atoms with E-state index in [1.54, 1.807) is 6.20 Å². The molecule has 4 nitrogen and oxygen atoms in total. The van der Waals surface area contributed by atoms with Crippen LogP contribution in [0, 0.1) is 12.3 Å². The molecular formula is C27H33N3O. The molecule has 162 valence electrons. The Morgan fingerprint density at radius 1 is 1.26 bits per heavy atom. The lowest BCUT2D eigenvalue weighted by molar-refractivity contribution is -0.113. The molecule has 0 bridgehead atoms. The minimum atomic E-state index is -0.0213. The number of anilines is 2. The van der Waals surface area contributed by atoms with Crippen molar-refractivity contribution >= 4 is 17.2 Å². The highest BCUT2D eigenvalue weighted by molar-refractivity contribution is 6.21. The van der Waals surface area contributed by atoms with Crippen molar-refractivity contribution in [2.75, 3.05) is 17.3 Å². The maximum atomic E-state index is 12.7. The van der Waals surface area contributed by atoms with Crippen molar-refractivity contribution in [3.05, 3.63) is 83.4 Å². The van der Waals surface area contributed by atoms with Gasteiger partial charge >= 0.3 is 0 Å². The number of nitrogens with zero attached hydrogens (tertiary/aromatic N) is 1. The maximum absolute atomic E-state index is 12.7. The van der Waals surface area contributed by atoms with E-state index in [0.717, 1.165) is 41.9 Å². The Morgan fingerprint density at radius 2 is 2.03 bits per heavy atom. The molecule has 2 N–H and O–H groups in total. The highest BCUT2D eigenvalue weighted by atomic mass is 16.1. The quantitative estimate of drug-likeness (QED) is 0.580. The van der Waals surface area contributed by atoms with Gasteiger partial charge in [0.05, 0.1) is 11.7 Å². The molecule has 0 amide bonds. The molecule has 3 aliphatic carbocycles. The fourth-order valence-corrected chi connectivity index (χ4v) is 4.97. The van der Waals surface area contributed by atoms with Crippen LogP contribution in [0.25, 0.3) is 0 Å². The average Bonchev–Trinajstić information content (AvgIpc) is 3.16. The van der Waals surface area contributed by atoms with Crippen LogP contribution >= 0.6 is 0 Å². The average molecular weight is 416 g/mol. The Labute approximate surface area is 186 Å². The molecule has 3 aliphatic rings. The van der Waals surface area contributed by atoms with E-state index in [-0.39, 0.29) is 17.2 Å². The second-order valence-corrected chi connectivity index (χ2v) is 9.51. The van der Waals surface area contributed by atoms with E-state index < -0.39 is 0 Å². The second-order valence-electron chi connectivity index (χ2n) is 9.51. The molecule has 0 saturated carbocycles. The van der Waals surface area contributed by atoms with E-state index in [0.29, 0.717) is 11.3 Å². The van der Waals surface area contributed by atoms with Gasteiger partial charge in [-0.15, -0.1) is 0 Å². The molecule has 0 heterocycles. The van der Waals surface area contributed by atoms with Gasteiger partial charge in [-0.2, -0.15) is 0 Å². The van der Waals surface area contributed by atoms with Crippen molar-refractivity contribution < 1.29 is 4.79 Å². The fourth-order valence-electron chi connectivity index (χ4n) is 4.97. The number of ketones is 1. The summed E-state index contributed by atoms with van der Waals surface area (Å²) in [6.45, 7) is 14.6. The van der Waals surface area contributed by atoms with Gasteiger partial charge in [0.25, 0.3) is 0 Å². The first-order valence-electron chi connectivity index (χ1n) is 11.1. The van der Waals surface area contributed by atoms with Gasteiger partial charge in [-0.25, -0.2) is 0 Å². The molecule has 1 aromatic carbocycles. The summed E-state index contributed by atoms with van der Waals surface area (Å²) in [5.74, 6) is -0.0213. The molecule has 0 radical (unpaired) electrons. The third-order valence-corrected chi connectivity index (χ3v) is 7.02. The molecule has 0 aromatic heterocycles. The lowest BCUT2D eigenvalue weighted by Crippen LogP contribution is -2.47. The molecule has 1 atom stereocenters. The Hall–Kier alpha value is -3.01. The van der Waals surface area contributed by atoms with Crippen LogP contribution in [0.15, 0.2) is 77.8 Å². The number of rotatable bonds is 6. The van der Waals surface area contributed by atoms with E-state index in [1.807, 2.05) is 30.1 Å². The van der Waals surface area contributed by atoms with E-state index in [9.17, 15) is 4.79 Å². The van der Waals surface area contributed by atoms with Crippen LogP contribution in [0.3, 0.4) is 0 Å². The van der Waals surface area contributed by atoms with Crippen molar-refractivity contribution in [2.45, 2.75) is 52.5 Å². The third kappa shape index (κ3) is 3.65. The highest BCUT2D eigenvalue weighted by Gasteiger charge is 2.40. The van der Waals surface area contributed by atoms with Gasteiger partial charge in [0, 0.05) is 24.0 Å². The number of hydrogen-bond acceptors (Lipinski definition) is 4. The van der Waals surface area contributed by atoms with Crippen LogP contribution in [-0.4, -0.2) is 18.9 Å². The zero-order valence-corrected chi connectivity index (χ0v) is 19.1. The Morgan fingerprint density at radius 3 is 2.77 bits per heavy atom. The van der Waals surface area contributed by atoms with E-state index in [4.69, 9.17) is 0 Å². The smallest absolute Gasteiger partial charge is 0.212 e. The summed E-state index contributed by atoms with van der Waals surface area (Å²) in [5.41, 5.74) is 8.07. The van der Waals surface area contributed by atoms with Crippen molar-refractivity contribution in [2.24, 2.45) is 5.41 Å². The van der Waals surface area contributed by atoms with Crippen LogP contribution in [0.2, 0.25) is 0 Å². The first-order chi connectivity index (χ1) is 14.7. The zero-order chi connectivity index (χ0) is 22.3. The number of benzene rings is 1. The summed E-state index contributed by atoms with van der Waals surface area (Å²) in [6.07, 6.45) is 10.9. The summed E-state index contributed by atoms with van der Waals surface area (Å²) in [6, 6.07) is 6.21. The number of carbonyl (C=O) groups excluding carboxylic acids is 1. The lowest BCUT2D eigenvalue weighted by Gasteiger charge is -2.39. The van der Waals surface area contributed by atoms with Crippen LogP contribution in [-0.2, 0) is 4.79 Å². The van der Waals surface area contributed by atoms with Gasteiger partial charge in [0.1, 0.15) is 5.70 Å². The fraction of sp³-hybridized carbons (Fsp3) is 0.370. The van der Waals surface area contributed by atoms with Crippen molar-refractivity contribution in [3.8, 4) is 0 Å². The Kier molecular flexibility index (Phi) is 5.42. The maximum Gasteiger partial charge on any atom is 0.212 e. The summed E-state index contributed by atoms with van der Waals surface area (Å²) >= 11 is 0. The molecule has 1 aromatic rings. The normalized spacial score (nSPS) is 22.1. The number of Topliss-reactive ketones (excluding diaryl/α,β-unsaturated/α-hetero) is 1. The SMILES string of the molecule is C=CN(C)c1cccc(NC2=C(NC3C4=C(CC=C4)CCCC3(C)C)C(=C)C2=O)c1C. The number of carbonyl (C=O) groups is 1. The topological polar surface area (TPSA) is 44.4 Å². The lowest BCUT2D eigenvalue weighted by atomic mass is 9.77. The standard InChI is InChI=1S/C27H33N3O/c1-7-30(6)22-15-9-14-21(17(22)2)28-24-23(18(3)25(24)31)29-26-20-13-8-11-19(20)12-10-16-27(26,4)5/h7-9,13-15,26,28-29H,1,3,10-12,16H2,2,4-6H3. The van der Waals surface area contributed by atoms with Crippen LogP contribution in [0.4, 0.5) is 11.4 Å². The first-order valence-corrected chi connectivity index (χ1v) is 11.1. The predicted octanol–water partition coefficient (Wildman–Crippen LogP) is 5.76. The van der Waals surface area contributed by atoms with Crippen LogP contribution in [0.5, 0.6) is 0 Å². The highest BCUT2D eigenvalue weighted by Crippen LogP contribution is 2.43. The number of hydrogen-bond donors (Lipinski definition) is 2.